The first-order valence-electron chi connectivity index (χ1n) is 20.9. The van der Waals surface area contributed by atoms with Gasteiger partial charge in [0.05, 0.1) is 6.61 Å². The standard InChI is InChI=1S/C44H72N4O3/c1-2-3-4-5-6-7-8-9-10-11-12-13-14-15-16-24-33-45-43(49)48-36-25-23-31-42(48)32-37-51-44(50)46-34-26-35-47(38-40-27-19-17-20-28-40)39-41-29-21-18-22-30-41/h17-22,27-30,42H,2-16,23-26,31-39H2,1H3,(H,45,49)(H,46,50). The van der Waals surface area contributed by atoms with Crippen molar-refractivity contribution in [2.45, 2.75) is 161 Å². The van der Waals surface area contributed by atoms with Crippen molar-refractivity contribution >= 4 is 12.1 Å². The Morgan fingerprint density at radius 3 is 1.73 bits per heavy atom. The second-order valence-electron chi connectivity index (χ2n) is 14.8. The lowest BCUT2D eigenvalue weighted by molar-refractivity contribution is 0.111. The summed E-state index contributed by atoms with van der Waals surface area (Å²) >= 11 is 0. The lowest BCUT2D eigenvalue weighted by Gasteiger charge is -2.35. The van der Waals surface area contributed by atoms with Crippen LogP contribution in [0.2, 0.25) is 0 Å². The molecule has 3 amide bonds. The zero-order chi connectivity index (χ0) is 36.0. The number of rotatable bonds is 28. The van der Waals surface area contributed by atoms with Gasteiger partial charge in [-0.3, -0.25) is 4.90 Å². The smallest absolute Gasteiger partial charge is 0.407 e. The van der Waals surface area contributed by atoms with E-state index in [0.29, 0.717) is 19.6 Å². The molecule has 0 aromatic heterocycles. The van der Waals surface area contributed by atoms with Crippen LogP contribution in [0.1, 0.15) is 153 Å². The van der Waals surface area contributed by atoms with Crippen LogP contribution in [0.4, 0.5) is 9.59 Å². The maximum Gasteiger partial charge on any atom is 0.407 e. The summed E-state index contributed by atoms with van der Waals surface area (Å²) in [5, 5.41) is 6.10. The summed E-state index contributed by atoms with van der Waals surface area (Å²) in [6.45, 7) is 7.31. The van der Waals surface area contributed by atoms with Crippen molar-refractivity contribution in [1.29, 1.82) is 0 Å². The van der Waals surface area contributed by atoms with Crippen LogP contribution in [0.3, 0.4) is 0 Å². The van der Waals surface area contributed by atoms with Gasteiger partial charge in [-0.05, 0) is 43.2 Å². The van der Waals surface area contributed by atoms with Crippen LogP contribution in [-0.2, 0) is 17.8 Å². The number of benzene rings is 2. The normalized spacial score (nSPS) is 14.5. The van der Waals surface area contributed by atoms with Gasteiger partial charge in [0, 0.05) is 51.7 Å². The van der Waals surface area contributed by atoms with Crippen LogP contribution in [-0.4, -0.2) is 60.8 Å². The number of alkyl carbamates (subject to hydrolysis) is 1. The number of nitrogens with one attached hydrogen (secondary N) is 2. The second kappa shape index (κ2) is 28.5. The van der Waals surface area contributed by atoms with Gasteiger partial charge in [0.15, 0.2) is 0 Å². The monoisotopic (exact) mass is 705 g/mol. The average molecular weight is 705 g/mol. The third-order valence-electron chi connectivity index (χ3n) is 10.3. The van der Waals surface area contributed by atoms with Crippen molar-refractivity contribution in [3.63, 3.8) is 0 Å². The molecule has 1 atom stereocenters. The van der Waals surface area contributed by atoms with Gasteiger partial charge in [0.1, 0.15) is 0 Å². The minimum Gasteiger partial charge on any atom is -0.449 e. The highest BCUT2D eigenvalue weighted by Gasteiger charge is 2.26. The van der Waals surface area contributed by atoms with E-state index in [9.17, 15) is 9.59 Å². The van der Waals surface area contributed by atoms with E-state index in [1.165, 1.54) is 107 Å². The van der Waals surface area contributed by atoms with Crippen LogP contribution < -0.4 is 10.6 Å². The van der Waals surface area contributed by atoms with Gasteiger partial charge in [-0.2, -0.15) is 0 Å². The Morgan fingerprint density at radius 2 is 1.18 bits per heavy atom. The fraction of sp³-hybridized carbons (Fsp3) is 0.682. The van der Waals surface area contributed by atoms with E-state index in [0.717, 1.165) is 64.8 Å². The van der Waals surface area contributed by atoms with Crippen LogP contribution in [0.5, 0.6) is 0 Å². The number of carbonyl (C=O) groups excluding carboxylic acids is 2. The molecule has 0 aliphatic carbocycles. The van der Waals surface area contributed by atoms with Gasteiger partial charge in [-0.1, -0.05) is 164 Å². The highest BCUT2D eigenvalue weighted by molar-refractivity contribution is 5.74. The molecule has 0 radical (unpaired) electrons. The van der Waals surface area contributed by atoms with Crippen LogP contribution in [0.15, 0.2) is 60.7 Å². The maximum absolute atomic E-state index is 13.0. The molecule has 1 aliphatic rings. The minimum atomic E-state index is -0.372. The summed E-state index contributed by atoms with van der Waals surface area (Å²) in [5.74, 6) is 0. The van der Waals surface area contributed by atoms with Gasteiger partial charge < -0.3 is 20.3 Å². The van der Waals surface area contributed by atoms with Crippen molar-refractivity contribution < 1.29 is 14.3 Å². The number of carbonyl (C=O) groups is 2. The third-order valence-corrected chi connectivity index (χ3v) is 10.3. The Hall–Kier alpha value is -3.06. The largest absolute Gasteiger partial charge is 0.449 e. The predicted molar refractivity (Wildman–Crippen MR) is 213 cm³/mol. The molecular formula is C44H72N4O3. The number of urea groups is 1. The molecule has 7 heteroatoms. The molecule has 0 saturated carbocycles. The second-order valence-corrected chi connectivity index (χ2v) is 14.8. The first-order chi connectivity index (χ1) is 25.2. The molecule has 1 fully saturated rings. The number of unbranched alkanes of at least 4 members (excludes halogenated alkanes) is 15. The van der Waals surface area contributed by atoms with Crippen molar-refractivity contribution in [3.8, 4) is 0 Å². The number of hydrogen-bond acceptors (Lipinski definition) is 4. The zero-order valence-corrected chi connectivity index (χ0v) is 32.3. The highest BCUT2D eigenvalue weighted by Crippen LogP contribution is 2.20. The van der Waals surface area contributed by atoms with E-state index < -0.39 is 0 Å². The van der Waals surface area contributed by atoms with Gasteiger partial charge in [-0.25, -0.2) is 9.59 Å². The minimum absolute atomic E-state index is 0.0423. The van der Waals surface area contributed by atoms with Gasteiger partial charge in [0.25, 0.3) is 0 Å². The van der Waals surface area contributed by atoms with Gasteiger partial charge in [0.2, 0.25) is 0 Å². The molecule has 1 heterocycles. The van der Waals surface area contributed by atoms with E-state index in [4.69, 9.17) is 4.74 Å². The number of piperidine rings is 1. The van der Waals surface area contributed by atoms with E-state index in [1.54, 1.807) is 0 Å². The molecule has 286 valence electrons. The summed E-state index contributed by atoms with van der Waals surface area (Å²) in [6, 6.07) is 21.2. The molecule has 51 heavy (non-hydrogen) atoms. The molecule has 1 aliphatic heterocycles. The Morgan fingerprint density at radius 1 is 0.667 bits per heavy atom. The SMILES string of the molecule is CCCCCCCCCCCCCCCCCCNC(=O)N1CCCCC1CCOC(=O)NCCCN(Cc1ccccc1)Cc1ccccc1. The molecule has 1 saturated heterocycles. The highest BCUT2D eigenvalue weighted by atomic mass is 16.5. The van der Waals surface area contributed by atoms with Crippen LogP contribution in [0, 0.1) is 0 Å². The molecular weight excluding hydrogens is 633 g/mol. The Bertz CT molecular complexity index is 1090. The van der Waals surface area contributed by atoms with Crippen LogP contribution >= 0.6 is 0 Å². The lowest BCUT2D eigenvalue weighted by Crippen LogP contribution is -2.49. The summed E-state index contributed by atoms with van der Waals surface area (Å²) < 4.78 is 5.55. The molecule has 7 nitrogen and oxygen atoms in total. The third kappa shape index (κ3) is 20.5. The number of nitrogens with zero attached hydrogens (tertiary/aromatic N) is 2. The van der Waals surface area contributed by atoms with E-state index in [2.05, 4.69) is 71.0 Å². The molecule has 0 bridgehead atoms. The average Bonchev–Trinajstić information content (AvgIpc) is 3.15. The van der Waals surface area contributed by atoms with Crippen molar-refractivity contribution in [3.05, 3.63) is 71.8 Å². The van der Waals surface area contributed by atoms with Crippen LogP contribution in [0.25, 0.3) is 0 Å². The fourth-order valence-corrected chi connectivity index (χ4v) is 7.27. The number of amides is 3. The quantitative estimate of drug-likeness (QED) is 0.0865. The number of hydrogen-bond donors (Lipinski definition) is 2. The molecule has 2 N–H and O–H groups in total. The topological polar surface area (TPSA) is 73.9 Å². The van der Waals surface area contributed by atoms with Crippen molar-refractivity contribution in [2.24, 2.45) is 0 Å². The summed E-state index contributed by atoms with van der Waals surface area (Å²) in [6.07, 6.45) is 25.9. The van der Waals surface area contributed by atoms with E-state index in [1.807, 2.05) is 17.0 Å². The van der Waals surface area contributed by atoms with Gasteiger partial charge in [-0.15, -0.1) is 0 Å². The number of likely N-dealkylation sites (tertiary alicyclic amines) is 1. The summed E-state index contributed by atoms with van der Waals surface area (Å²) in [7, 11) is 0. The molecule has 2 aromatic rings. The summed E-state index contributed by atoms with van der Waals surface area (Å²) in [4.78, 5) is 29.9. The lowest BCUT2D eigenvalue weighted by atomic mass is 10.00. The van der Waals surface area contributed by atoms with Crippen molar-refractivity contribution in [2.75, 3.05) is 32.8 Å². The first-order valence-corrected chi connectivity index (χ1v) is 20.9. The van der Waals surface area contributed by atoms with E-state index in [-0.39, 0.29) is 18.2 Å². The van der Waals surface area contributed by atoms with Gasteiger partial charge >= 0.3 is 12.1 Å². The fourth-order valence-electron chi connectivity index (χ4n) is 7.27. The Labute approximate surface area is 311 Å². The molecule has 2 aromatic carbocycles. The first kappa shape index (κ1) is 42.4. The Kier molecular flexibility index (Phi) is 23.7. The van der Waals surface area contributed by atoms with E-state index >= 15 is 0 Å². The number of ether oxygens (including phenoxy) is 1. The maximum atomic E-state index is 13.0. The molecule has 3 rings (SSSR count). The zero-order valence-electron chi connectivity index (χ0n) is 32.3. The van der Waals surface area contributed by atoms with Crippen molar-refractivity contribution in [1.82, 2.24) is 20.4 Å². The summed E-state index contributed by atoms with van der Waals surface area (Å²) in [5.41, 5.74) is 2.57. The Balaban J connectivity index is 1.19. The molecule has 1 unspecified atom stereocenters. The predicted octanol–water partition coefficient (Wildman–Crippen LogP) is 11.0. The molecule has 0 spiro atoms.